The first-order chi connectivity index (χ1) is 7.16. The van der Waals surface area contributed by atoms with Gasteiger partial charge in [0.2, 0.25) is 0 Å². The van der Waals surface area contributed by atoms with Crippen LogP contribution < -0.4 is 5.32 Å². The number of aromatic nitrogens is 2. The van der Waals surface area contributed by atoms with Gasteiger partial charge in [0.15, 0.2) is 0 Å². The highest BCUT2D eigenvalue weighted by molar-refractivity contribution is 5.46. The average molecular weight is 209 g/mol. The van der Waals surface area contributed by atoms with Crippen LogP contribution in [0.5, 0.6) is 0 Å². The van der Waals surface area contributed by atoms with Gasteiger partial charge in [-0.15, -0.1) is 0 Å². The molecule has 1 aliphatic rings. The molecule has 0 radical (unpaired) electrons. The molecule has 0 amide bonds. The molecule has 2 rings (SSSR count). The number of aliphatic hydroxyl groups excluding tert-OH is 1. The maximum absolute atomic E-state index is 9.84. The Balaban J connectivity index is 2.04. The minimum Gasteiger partial charge on any atom is -0.391 e. The van der Waals surface area contributed by atoms with Crippen LogP contribution in [0.1, 0.15) is 31.4 Å². The predicted molar refractivity (Wildman–Crippen MR) is 59.8 cm³/mol. The van der Waals surface area contributed by atoms with Gasteiger partial charge in [0.05, 0.1) is 23.5 Å². The molecule has 2 atom stereocenters. The van der Waals surface area contributed by atoms with Crippen molar-refractivity contribution in [3.8, 4) is 0 Å². The fraction of sp³-hybridized carbons (Fsp3) is 0.727. The summed E-state index contributed by atoms with van der Waals surface area (Å²) in [6.07, 6.45) is 6.07. The second kappa shape index (κ2) is 4.23. The number of anilines is 1. The Kier molecular flexibility index (Phi) is 2.95. The van der Waals surface area contributed by atoms with E-state index in [0.717, 1.165) is 30.6 Å². The summed E-state index contributed by atoms with van der Waals surface area (Å²) in [7, 11) is 1.91. The maximum atomic E-state index is 9.84. The molecule has 0 spiro atoms. The van der Waals surface area contributed by atoms with Crippen LogP contribution in [0.3, 0.4) is 0 Å². The summed E-state index contributed by atoms with van der Waals surface area (Å²) < 4.78 is 1.80. The first-order valence-corrected chi connectivity index (χ1v) is 5.61. The van der Waals surface area contributed by atoms with Crippen LogP contribution in [-0.2, 0) is 7.05 Å². The van der Waals surface area contributed by atoms with E-state index in [2.05, 4.69) is 10.4 Å². The summed E-state index contributed by atoms with van der Waals surface area (Å²) in [5.74, 6) is 0. The van der Waals surface area contributed by atoms with E-state index in [0.29, 0.717) is 0 Å². The standard InChI is InChI=1S/C11H19N3O/c1-8-10(7-14(2)13-8)12-9-5-3-4-6-11(9)15/h7,9,11-12,15H,3-6H2,1-2H3/t9-,11-/m0/s1. The van der Waals surface area contributed by atoms with Crippen LogP contribution in [0, 0.1) is 6.92 Å². The molecule has 1 saturated carbocycles. The Morgan fingerprint density at radius 1 is 1.47 bits per heavy atom. The molecular weight excluding hydrogens is 190 g/mol. The van der Waals surface area contributed by atoms with Gasteiger partial charge in [0.1, 0.15) is 0 Å². The SMILES string of the molecule is Cc1nn(C)cc1N[C@H]1CCCC[C@@H]1O. The lowest BCUT2D eigenvalue weighted by Gasteiger charge is -2.28. The Hall–Kier alpha value is -1.03. The van der Waals surface area contributed by atoms with E-state index in [9.17, 15) is 5.11 Å². The first-order valence-electron chi connectivity index (χ1n) is 5.61. The summed E-state index contributed by atoms with van der Waals surface area (Å²) in [6, 6.07) is 0.196. The van der Waals surface area contributed by atoms with Gasteiger partial charge in [0, 0.05) is 13.2 Å². The zero-order valence-corrected chi connectivity index (χ0v) is 9.40. The van der Waals surface area contributed by atoms with Gasteiger partial charge in [-0.05, 0) is 19.8 Å². The Bertz CT molecular complexity index is 335. The summed E-state index contributed by atoms with van der Waals surface area (Å²) in [5, 5.41) is 17.5. The molecule has 84 valence electrons. The second-order valence-electron chi connectivity index (χ2n) is 4.40. The number of nitrogens with one attached hydrogen (secondary N) is 1. The second-order valence-corrected chi connectivity index (χ2v) is 4.40. The molecule has 0 aromatic carbocycles. The summed E-state index contributed by atoms with van der Waals surface area (Å²) in [6.45, 7) is 1.98. The topological polar surface area (TPSA) is 50.1 Å². The van der Waals surface area contributed by atoms with Crippen LogP contribution in [0.15, 0.2) is 6.20 Å². The highest BCUT2D eigenvalue weighted by Gasteiger charge is 2.23. The third-order valence-electron chi connectivity index (χ3n) is 3.08. The van der Waals surface area contributed by atoms with Gasteiger partial charge in [-0.3, -0.25) is 4.68 Å². The normalized spacial score (nSPS) is 26.6. The molecule has 1 fully saturated rings. The van der Waals surface area contributed by atoms with Gasteiger partial charge in [-0.1, -0.05) is 12.8 Å². The van der Waals surface area contributed by atoms with Crippen LogP contribution in [0.2, 0.25) is 0 Å². The molecule has 2 N–H and O–H groups in total. The summed E-state index contributed by atoms with van der Waals surface area (Å²) in [5.41, 5.74) is 2.04. The molecule has 0 aliphatic heterocycles. The van der Waals surface area contributed by atoms with Crippen molar-refractivity contribution in [2.24, 2.45) is 7.05 Å². The third kappa shape index (κ3) is 2.31. The highest BCUT2D eigenvalue weighted by atomic mass is 16.3. The quantitative estimate of drug-likeness (QED) is 0.775. The van der Waals surface area contributed by atoms with Crippen LogP contribution in [0.4, 0.5) is 5.69 Å². The van der Waals surface area contributed by atoms with E-state index in [1.54, 1.807) is 4.68 Å². The Labute approximate surface area is 90.3 Å². The number of aliphatic hydroxyl groups is 1. The molecule has 1 heterocycles. The van der Waals surface area contributed by atoms with E-state index in [1.165, 1.54) is 6.42 Å². The molecule has 0 saturated heterocycles. The van der Waals surface area contributed by atoms with Crippen molar-refractivity contribution in [1.29, 1.82) is 0 Å². The molecule has 1 aliphatic carbocycles. The van der Waals surface area contributed by atoms with E-state index in [1.807, 2.05) is 20.2 Å². The van der Waals surface area contributed by atoms with Crippen LogP contribution >= 0.6 is 0 Å². The van der Waals surface area contributed by atoms with E-state index in [4.69, 9.17) is 0 Å². The summed E-state index contributed by atoms with van der Waals surface area (Å²) in [4.78, 5) is 0. The smallest absolute Gasteiger partial charge is 0.0825 e. The number of hydrogen-bond donors (Lipinski definition) is 2. The van der Waals surface area contributed by atoms with E-state index >= 15 is 0 Å². The lowest BCUT2D eigenvalue weighted by Crippen LogP contribution is -2.36. The van der Waals surface area contributed by atoms with E-state index in [-0.39, 0.29) is 12.1 Å². The summed E-state index contributed by atoms with van der Waals surface area (Å²) >= 11 is 0. The van der Waals surface area contributed by atoms with Gasteiger partial charge in [-0.25, -0.2) is 0 Å². The minimum atomic E-state index is -0.210. The Morgan fingerprint density at radius 2 is 2.20 bits per heavy atom. The molecule has 4 heteroatoms. The lowest BCUT2D eigenvalue weighted by atomic mass is 9.92. The lowest BCUT2D eigenvalue weighted by molar-refractivity contribution is 0.116. The minimum absolute atomic E-state index is 0.196. The van der Waals surface area contributed by atoms with Gasteiger partial charge < -0.3 is 10.4 Å². The molecule has 0 bridgehead atoms. The van der Waals surface area contributed by atoms with Gasteiger partial charge in [0.25, 0.3) is 0 Å². The monoisotopic (exact) mass is 209 g/mol. The molecule has 1 aromatic rings. The number of aryl methyl sites for hydroxylation is 2. The van der Waals surface area contributed by atoms with Crippen molar-refractivity contribution in [3.63, 3.8) is 0 Å². The highest BCUT2D eigenvalue weighted by Crippen LogP contribution is 2.23. The van der Waals surface area contributed by atoms with Crippen molar-refractivity contribution in [2.75, 3.05) is 5.32 Å². The number of rotatable bonds is 2. The predicted octanol–water partition coefficient (Wildman–Crippen LogP) is 1.44. The maximum Gasteiger partial charge on any atom is 0.0825 e. The number of hydrogen-bond acceptors (Lipinski definition) is 3. The third-order valence-corrected chi connectivity index (χ3v) is 3.08. The van der Waals surface area contributed by atoms with Crippen molar-refractivity contribution >= 4 is 5.69 Å². The van der Waals surface area contributed by atoms with Crippen molar-refractivity contribution < 1.29 is 5.11 Å². The Morgan fingerprint density at radius 3 is 2.80 bits per heavy atom. The van der Waals surface area contributed by atoms with Crippen LogP contribution in [-0.4, -0.2) is 27.0 Å². The first kappa shape index (κ1) is 10.5. The van der Waals surface area contributed by atoms with E-state index < -0.39 is 0 Å². The molecule has 0 unspecified atom stereocenters. The van der Waals surface area contributed by atoms with Crippen LogP contribution in [0.25, 0.3) is 0 Å². The average Bonchev–Trinajstić information content (AvgIpc) is 2.49. The zero-order valence-electron chi connectivity index (χ0n) is 9.40. The largest absolute Gasteiger partial charge is 0.391 e. The number of nitrogens with zero attached hydrogens (tertiary/aromatic N) is 2. The van der Waals surface area contributed by atoms with Crippen molar-refractivity contribution in [1.82, 2.24) is 9.78 Å². The van der Waals surface area contributed by atoms with Gasteiger partial charge >= 0.3 is 0 Å². The zero-order chi connectivity index (χ0) is 10.8. The molecule has 1 aromatic heterocycles. The fourth-order valence-corrected chi connectivity index (χ4v) is 2.22. The molecule has 4 nitrogen and oxygen atoms in total. The fourth-order valence-electron chi connectivity index (χ4n) is 2.22. The molecule has 15 heavy (non-hydrogen) atoms. The van der Waals surface area contributed by atoms with Crippen molar-refractivity contribution in [3.05, 3.63) is 11.9 Å². The molecular formula is C11H19N3O. The van der Waals surface area contributed by atoms with Gasteiger partial charge in [-0.2, -0.15) is 5.10 Å². The van der Waals surface area contributed by atoms with Crippen molar-refractivity contribution in [2.45, 2.75) is 44.8 Å².